The molecule has 162 valence electrons. The molecule has 0 unspecified atom stereocenters. The third kappa shape index (κ3) is 4.68. The van der Waals surface area contributed by atoms with E-state index in [0.717, 1.165) is 29.2 Å². The fourth-order valence-corrected chi connectivity index (χ4v) is 5.24. The molecule has 0 spiro atoms. The summed E-state index contributed by atoms with van der Waals surface area (Å²) in [5.41, 5.74) is 2.78. The highest BCUT2D eigenvalue weighted by molar-refractivity contribution is 7.92. The summed E-state index contributed by atoms with van der Waals surface area (Å²) in [4.78, 5) is 0.302. The molecule has 7 heteroatoms. The van der Waals surface area contributed by atoms with Crippen LogP contribution in [0.15, 0.2) is 77.7 Å². The van der Waals surface area contributed by atoms with Crippen LogP contribution in [-0.4, -0.2) is 35.2 Å². The van der Waals surface area contributed by atoms with Crippen LogP contribution in [0, 0.1) is 0 Å². The van der Waals surface area contributed by atoms with Crippen molar-refractivity contribution in [1.29, 1.82) is 0 Å². The molecule has 1 aliphatic heterocycles. The van der Waals surface area contributed by atoms with Crippen LogP contribution in [0.3, 0.4) is 0 Å². The molecule has 0 saturated heterocycles. The van der Waals surface area contributed by atoms with Crippen molar-refractivity contribution in [3.8, 4) is 11.5 Å². The third-order valence-electron chi connectivity index (χ3n) is 5.27. The fraction of sp³-hybridized carbons (Fsp3) is 0.250. The first-order valence-corrected chi connectivity index (χ1v) is 11.7. The standard InChI is InChI=1S/C24H26N2O4S/c1-29-20-8-5-7-19(17-20)18-25-14-16-30-24-12-6-11-23-22(24)13-15-26(23)31(27,28)21-9-3-2-4-10-21/h2-12,17,25H,13-16,18H2,1H3. The molecular formula is C24H26N2O4S. The smallest absolute Gasteiger partial charge is 0.264 e. The molecule has 0 aromatic heterocycles. The number of benzene rings is 3. The molecular weight excluding hydrogens is 412 g/mol. The summed E-state index contributed by atoms with van der Waals surface area (Å²) < 4.78 is 38.8. The highest BCUT2D eigenvalue weighted by Gasteiger charge is 2.32. The van der Waals surface area contributed by atoms with Gasteiger partial charge in [-0.05, 0) is 48.4 Å². The number of hydrogen-bond acceptors (Lipinski definition) is 5. The van der Waals surface area contributed by atoms with Gasteiger partial charge in [-0.3, -0.25) is 4.31 Å². The SMILES string of the molecule is COc1cccc(CNCCOc2cccc3c2CCN3S(=O)(=O)c2ccccc2)c1. The summed E-state index contributed by atoms with van der Waals surface area (Å²) in [6.07, 6.45) is 0.634. The van der Waals surface area contributed by atoms with Crippen molar-refractivity contribution in [2.45, 2.75) is 17.9 Å². The summed E-state index contributed by atoms with van der Waals surface area (Å²) in [6, 6.07) is 22.1. The van der Waals surface area contributed by atoms with Crippen LogP contribution in [0.4, 0.5) is 5.69 Å². The minimum atomic E-state index is -3.58. The van der Waals surface area contributed by atoms with Crippen molar-refractivity contribution in [2.24, 2.45) is 0 Å². The number of hydrogen-bond donors (Lipinski definition) is 1. The fourth-order valence-electron chi connectivity index (χ4n) is 3.73. The van der Waals surface area contributed by atoms with Gasteiger partial charge in [0.25, 0.3) is 10.0 Å². The molecule has 1 heterocycles. The number of methoxy groups -OCH3 is 1. The van der Waals surface area contributed by atoms with E-state index in [1.807, 2.05) is 48.5 Å². The quantitative estimate of drug-likeness (QED) is 0.517. The van der Waals surface area contributed by atoms with Crippen molar-refractivity contribution in [1.82, 2.24) is 5.32 Å². The largest absolute Gasteiger partial charge is 0.497 e. The van der Waals surface area contributed by atoms with Crippen LogP contribution in [-0.2, 0) is 23.0 Å². The Bertz CT molecular complexity index is 1130. The zero-order valence-electron chi connectivity index (χ0n) is 17.5. The van der Waals surface area contributed by atoms with Gasteiger partial charge < -0.3 is 14.8 Å². The summed E-state index contributed by atoms with van der Waals surface area (Å²) >= 11 is 0. The zero-order valence-corrected chi connectivity index (χ0v) is 18.3. The predicted molar refractivity (Wildman–Crippen MR) is 121 cm³/mol. The molecule has 0 amide bonds. The van der Waals surface area contributed by atoms with Gasteiger partial charge in [0.1, 0.15) is 18.1 Å². The molecule has 1 N–H and O–H groups in total. The molecule has 31 heavy (non-hydrogen) atoms. The molecule has 1 aliphatic rings. The number of sulfonamides is 1. The Labute approximate surface area is 183 Å². The van der Waals surface area contributed by atoms with Crippen molar-refractivity contribution < 1.29 is 17.9 Å². The van der Waals surface area contributed by atoms with Gasteiger partial charge in [-0.25, -0.2) is 8.42 Å². The van der Waals surface area contributed by atoms with E-state index in [2.05, 4.69) is 5.32 Å². The van der Waals surface area contributed by atoms with Gasteiger partial charge in [0.05, 0.1) is 17.7 Å². The second-order valence-corrected chi connectivity index (χ2v) is 9.13. The minimum Gasteiger partial charge on any atom is -0.497 e. The maximum atomic E-state index is 13.1. The topological polar surface area (TPSA) is 67.9 Å². The Balaban J connectivity index is 1.37. The number of rotatable bonds is 9. The number of anilines is 1. The van der Waals surface area contributed by atoms with Crippen LogP contribution in [0.1, 0.15) is 11.1 Å². The van der Waals surface area contributed by atoms with E-state index >= 15 is 0 Å². The highest BCUT2D eigenvalue weighted by atomic mass is 32.2. The van der Waals surface area contributed by atoms with Gasteiger partial charge >= 0.3 is 0 Å². The van der Waals surface area contributed by atoms with Crippen molar-refractivity contribution in [2.75, 3.05) is 31.1 Å². The van der Waals surface area contributed by atoms with Crippen LogP contribution in [0.5, 0.6) is 11.5 Å². The van der Waals surface area contributed by atoms with Gasteiger partial charge in [-0.1, -0.05) is 36.4 Å². The van der Waals surface area contributed by atoms with E-state index < -0.39 is 10.0 Å². The molecule has 4 rings (SSSR count). The van der Waals surface area contributed by atoms with E-state index in [1.165, 1.54) is 4.31 Å². The lowest BCUT2D eigenvalue weighted by molar-refractivity contribution is 0.311. The van der Waals surface area contributed by atoms with E-state index in [9.17, 15) is 8.42 Å². The first kappa shape index (κ1) is 21.2. The van der Waals surface area contributed by atoms with Crippen LogP contribution >= 0.6 is 0 Å². The number of nitrogens with one attached hydrogen (secondary N) is 1. The molecule has 3 aromatic rings. The molecule has 0 atom stereocenters. The molecule has 3 aromatic carbocycles. The average molecular weight is 439 g/mol. The monoisotopic (exact) mass is 438 g/mol. The Hall–Kier alpha value is -3.03. The highest BCUT2D eigenvalue weighted by Crippen LogP contribution is 2.38. The van der Waals surface area contributed by atoms with Gasteiger partial charge in [0.2, 0.25) is 0 Å². The number of fused-ring (bicyclic) bond motifs is 1. The van der Waals surface area contributed by atoms with E-state index in [0.29, 0.717) is 36.7 Å². The maximum Gasteiger partial charge on any atom is 0.264 e. The molecule has 0 fully saturated rings. The Morgan fingerprint density at radius 3 is 2.61 bits per heavy atom. The molecule has 6 nitrogen and oxygen atoms in total. The molecule has 0 radical (unpaired) electrons. The third-order valence-corrected chi connectivity index (χ3v) is 7.10. The molecule has 0 aliphatic carbocycles. The predicted octanol–water partition coefficient (Wildman–Crippen LogP) is 3.62. The first-order valence-electron chi connectivity index (χ1n) is 10.3. The van der Waals surface area contributed by atoms with Crippen LogP contribution in [0.2, 0.25) is 0 Å². The van der Waals surface area contributed by atoms with Crippen molar-refractivity contribution in [3.63, 3.8) is 0 Å². The maximum absolute atomic E-state index is 13.1. The van der Waals surface area contributed by atoms with Crippen molar-refractivity contribution in [3.05, 3.63) is 83.9 Å². The summed E-state index contributed by atoms with van der Waals surface area (Å²) in [7, 11) is -1.92. The van der Waals surface area contributed by atoms with E-state index in [-0.39, 0.29) is 0 Å². The van der Waals surface area contributed by atoms with E-state index in [4.69, 9.17) is 9.47 Å². The summed E-state index contributed by atoms with van der Waals surface area (Å²) in [6.45, 7) is 2.30. The van der Waals surface area contributed by atoms with Crippen molar-refractivity contribution >= 4 is 15.7 Å². The lowest BCUT2D eigenvalue weighted by Crippen LogP contribution is -2.29. The zero-order chi connectivity index (χ0) is 21.7. The van der Waals surface area contributed by atoms with Gasteiger partial charge in [0.15, 0.2) is 0 Å². The Kier molecular flexibility index (Phi) is 6.44. The lowest BCUT2D eigenvalue weighted by atomic mass is 10.1. The second-order valence-electron chi connectivity index (χ2n) is 7.27. The number of ether oxygens (including phenoxy) is 2. The second kappa shape index (κ2) is 9.41. The van der Waals surface area contributed by atoms with Crippen LogP contribution < -0.4 is 19.1 Å². The van der Waals surface area contributed by atoms with Gasteiger partial charge in [-0.15, -0.1) is 0 Å². The normalized spacial score (nSPS) is 13.1. The van der Waals surface area contributed by atoms with Gasteiger partial charge in [0, 0.05) is 25.2 Å². The minimum absolute atomic E-state index is 0.302. The molecule has 0 saturated carbocycles. The summed E-state index contributed by atoms with van der Waals surface area (Å²) in [5.74, 6) is 1.58. The summed E-state index contributed by atoms with van der Waals surface area (Å²) in [5, 5.41) is 3.36. The van der Waals surface area contributed by atoms with Crippen LogP contribution in [0.25, 0.3) is 0 Å². The number of nitrogens with zero attached hydrogens (tertiary/aromatic N) is 1. The first-order chi connectivity index (χ1) is 15.1. The Morgan fingerprint density at radius 2 is 1.81 bits per heavy atom. The van der Waals surface area contributed by atoms with E-state index in [1.54, 1.807) is 31.4 Å². The average Bonchev–Trinajstić information content (AvgIpc) is 3.25. The van der Waals surface area contributed by atoms with Gasteiger partial charge in [-0.2, -0.15) is 0 Å². The molecule has 0 bridgehead atoms. The lowest BCUT2D eigenvalue weighted by Gasteiger charge is -2.20. The Morgan fingerprint density at radius 1 is 1.00 bits per heavy atom.